The highest BCUT2D eigenvalue weighted by Crippen LogP contribution is 2.52. The summed E-state index contributed by atoms with van der Waals surface area (Å²) < 4.78 is 13.5. The van der Waals surface area contributed by atoms with Gasteiger partial charge in [-0.25, -0.2) is 4.39 Å². The van der Waals surface area contributed by atoms with Crippen molar-refractivity contribution < 1.29 is 19.1 Å². The molecule has 2 N–H and O–H groups in total. The molecule has 106 valence electrons. The van der Waals surface area contributed by atoms with E-state index in [9.17, 15) is 19.1 Å². The first-order chi connectivity index (χ1) is 9.58. The molecule has 0 radical (unpaired) electrons. The van der Waals surface area contributed by atoms with Crippen molar-refractivity contribution >= 4 is 17.6 Å². The maximum atomic E-state index is 13.5. The Labute approximate surface area is 116 Å². The number of hydrogen-bond acceptors (Lipinski definition) is 2. The zero-order chi connectivity index (χ0) is 14.3. The molecule has 1 amide bonds. The van der Waals surface area contributed by atoms with E-state index >= 15 is 0 Å². The van der Waals surface area contributed by atoms with Gasteiger partial charge in [0, 0.05) is 0 Å². The van der Waals surface area contributed by atoms with Crippen LogP contribution in [-0.4, -0.2) is 17.0 Å². The second kappa shape index (κ2) is 4.89. The van der Waals surface area contributed by atoms with Crippen molar-refractivity contribution in [1.29, 1.82) is 0 Å². The quantitative estimate of drug-likeness (QED) is 0.892. The molecule has 20 heavy (non-hydrogen) atoms. The van der Waals surface area contributed by atoms with Crippen molar-refractivity contribution in [1.82, 2.24) is 0 Å². The maximum absolute atomic E-state index is 13.5. The van der Waals surface area contributed by atoms with Gasteiger partial charge in [-0.15, -0.1) is 0 Å². The first kappa shape index (κ1) is 13.1. The predicted molar refractivity (Wildman–Crippen MR) is 70.5 cm³/mol. The van der Waals surface area contributed by atoms with Gasteiger partial charge in [-0.2, -0.15) is 0 Å². The van der Waals surface area contributed by atoms with Gasteiger partial charge in [0.05, 0.1) is 17.5 Å². The second-order valence-corrected chi connectivity index (χ2v) is 5.69. The minimum absolute atomic E-state index is 0.0915. The number of halogens is 1. The minimum atomic E-state index is -0.911. The smallest absolute Gasteiger partial charge is 0.307 e. The summed E-state index contributed by atoms with van der Waals surface area (Å²) in [6.45, 7) is 0. The van der Waals surface area contributed by atoms with Crippen LogP contribution in [0.4, 0.5) is 10.1 Å². The van der Waals surface area contributed by atoms with Gasteiger partial charge in [-0.3, -0.25) is 9.59 Å². The van der Waals surface area contributed by atoms with Crippen molar-refractivity contribution in [3.63, 3.8) is 0 Å². The number of amides is 1. The number of fused-ring (bicyclic) bond motifs is 2. The number of benzene rings is 1. The van der Waals surface area contributed by atoms with Crippen LogP contribution in [0, 0.1) is 29.5 Å². The molecule has 0 spiro atoms. The Bertz CT molecular complexity index is 560. The summed E-state index contributed by atoms with van der Waals surface area (Å²) in [5.74, 6) is -2.73. The Kier molecular flexibility index (Phi) is 3.20. The van der Waals surface area contributed by atoms with Gasteiger partial charge in [0.15, 0.2) is 0 Å². The monoisotopic (exact) mass is 277 g/mol. The Morgan fingerprint density at radius 3 is 2.45 bits per heavy atom. The van der Waals surface area contributed by atoms with Crippen LogP contribution in [0.15, 0.2) is 24.3 Å². The van der Waals surface area contributed by atoms with Gasteiger partial charge in [0.25, 0.3) is 0 Å². The van der Waals surface area contributed by atoms with Crippen LogP contribution in [-0.2, 0) is 9.59 Å². The highest BCUT2D eigenvalue weighted by Gasteiger charge is 2.54. The number of carboxylic acids is 1. The fraction of sp³-hybridized carbons (Fsp3) is 0.467. The lowest BCUT2D eigenvalue weighted by molar-refractivity contribution is -0.148. The van der Waals surface area contributed by atoms with Gasteiger partial charge in [-0.05, 0) is 43.2 Å². The Hall–Kier alpha value is -1.91. The van der Waals surface area contributed by atoms with E-state index in [4.69, 9.17) is 0 Å². The number of carbonyl (C=O) groups excluding carboxylic acids is 1. The van der Waals surface area contributed by atoms with Crippen LogP contribution in [0.25, 0.3) is 0 Å². The first-order valence-corrected chi connectivity index (χ1v) is 6.86. The van der Waals surface area contributed by atoms with E-state index in [0.29, 0.717) is 0 Å². The molecule has 4 nitrogen and oxygen atoms in total. The Balaban J connectivity index is 1.80. The molecule has 2 aliphatic rings. The largest absolute Gasteiger partial charge is 0.481 e. The molecule has 4 atom stereocenters. The summed E-state index contributed by atoms with van der Waals surface area (Å²) in [5.41, 5.74) is 0.115. The van der Waals surface area contributed by atoms with Gasteiger partial charge in [0.1, 0.15) is 5.82 Å². The second-order valence-electron chi connectivity index (χ2n) is 5.69. The van der Waals surface area contributed by atoms with Crippen molar-refractivity contribution in [2.24, 2.45) is 23.7 Å². The molecular weight excluding hydrogens is 261 g/mol. The van der Waals surface area contributed by atoms with Gasteiger partial charge in [-0.1, -0.05) is 12.1 Å². The molecule has 0 heterocycles. The van der Waals surface area contributed by atoms with Crippen LogP contribution in [0.1, 0.15) is 19.3 Å². The van der Waals surface area contributed by atoms with Crippen molar-refractivity contribution in [3.8, 4) is 0 Å². The van der Waals surface area contributed by atoms with E-state index in [2.05, 4.69) is 5.32 Å². The zero-order valence-electron chi connectivity index (χ0n) is 10.9. The molecular formula is C15H16FNO3. The van der Waals surface area contributed by atoms with Gasteiger partial charge in [0.2, 0.25) is 5.91 Å². The summed E-state index contributed by atoms with van der Waals surface area (Å²) in [6, 6.07) is 5.93. The van der Waals surface area contributed by atoms with Gasteiger partial charge >= 0.3 is 5.97 Å². The molecule has 1 aromatic rings. The van der Waals surface area contributed by atoms with E-state index in [1.165, 1.54) is 12.1 Å². The number of aliphatic carboxylic acids is 1. The fourth-order valence-electron chi connectivity index (χ4n) is 3.80. The summed E-state index contributed by atoms with van der Waals surface area (Å²) in [4.78, 5) is 23.7. The highest BCUT2D eigenvalue weighted by atomic mass is 19.1. The average molecular weight is 277 g/mol. The number of nitrogens with one attached hydrogen (secondary N) is 1. The highest BCUT2D eigenvalue weighted by molar-refractivity contribution is 5.96. The number of carboxylic acid groups (broad SMARTS) is 1. The zero-order valence-corrected chi connectivity index (χ0v) is 10.9. The summed E-state index contributed by atoms with van der Waals surface area (Å²) in [7, 11) is 0. The summed E-state index contributed by atoms with van der Waals surface area (Å²) >= 11 is 0. The summed E-state index contributed by atoms with van der Waals surface area (Å²) in [6.07, 6.45) is 2.57. The SMILES string of the molecule is O=C(O)[C@@H]1[C@H]2CC[C@@H](C2)[C@@H]1C(=O)Nc1ccccc1F. The number of hydrogen-bond donors (Lipinski definition) is 2. The molecule has 3 rings (SSSR count). The van der Waals surface area contributed by atoms with Crippen LogP contribution < -0.4 is 5.32 Å². The third-order valence-electron chi connectivity index (χ3n) is 4.64. The molecule has 0 saturated heterocycles. The Morgan fingerprint density at radius 1 is 1.15 bits per heavy atom. The van der Waals surface area contributed by atoms with E-state index in [-0.39, 0.29) is 23.4 Å². The van der Waals surface area contributed by atoms with E-state index in [1.54, 1.807) is 12.1 Å². The predicted octanol–water partition coefficient (Wildman–Crippen LogP) is 2.51. The third-order valence-corrected chi connectivity index (χ3v) is 4.64. The molecule has 2 saturated carbocycles. The van der Waals surface area contributed by atoms with E-state index < -0.39 is 23.6 Å². The van der Waals surface area contributed by atoms with Crippen LogP contribution >= 0.6 is 0 Å². The normalized spacial score (nSPS) is 31.2. The number of para-hydroxylation sites is 1. The van der Waals surface area contributed by atoms with Crippen molar-refractivity contribution in [2.45, 2.75) is 19.3 Å². The van der Waals surface area contributed by atoms with Gasteiger partial charge < -0.3 is 10.4 Å². The topological polar surface area (TPSA) is 66.4 Å². The van der Waals surface area contributed by atoms with Crippen molar-refractivity contribution in [2.75, 3.05) is 5.32 Å². The number of carbonyl (C=O) groups is 2. The molecule has 2 bridgehead atoms. The Morgan fingerprint density at radius 2 is 1.80 bits per heavy atom. The molecule has 0 aliphatic heterocycles. The third kappa shape index (κ3) is 2.07. The molecule has 0 unspecified atom stereocenters. The van der Waals surface area contributed by atoms with E-state index in [1.807, 2.05) is 0 Å². The van der Waals surface area contributed by atoms with E-state index in [0.717, 1.165) is 19.3 Å². The lowest BCUT2D eigenvalue weighted by atomic mass is 9.78. The first-order valence-electron chi connectivity index (χ1n) is 6.86. The molecule has 2 fully saturated rings. The number of anilines is 1. The van der Waals surface area contributed by atoms with Crippen LogP contribution in [0.5, 0.6) is 0 Å². The summed E-state index contributed by atoms with van der Waals surface area (Å²) in [5, 5.41) is 11.9. The van der Waals surface area contributed by atoms with Crippen LogP contribution in [0.2, 0.25) is 0 Å². The van der Waals surface area contributed by atoms with Crippen LogP contribution in [0.3, 0.4) is 0 Å². The lowest BCUT2D eigenvalue weighted by Crippen LogP contribution is -2.38. The van der Waals surface area contributed by atoms with Crippen molar-refractivity contribution in [3.05, 3.63) is 30.1 Å². The minimum Gasteiger partial charge on any atom is -0.481 e. The number of rotatable bonds is 3. The molecule has 1 aromatic carbocycles. The molecule has 2 aliphatic carbocycles. The lowest BCUT2D eigenvalue weighted by Gasteiger charge is -2.27. The molecule has 5 heteroatoms. The standard InChI is InChI=1S/C15H16FNO3/c16-10-3-1-2-4-11(10)17-14(18)12-8-5-6-9(7-8)13(12)15(19)20/h1-4,8-9,12-13H,5-7H2,(H,17,18)(H,19,20)/t8-,9-,12-,13+/m0/s1. The molecule has 0 aromatic heterocycles. The average Bonchev–Trinajstić information content (AvgIpc) is 3.01. The maximum Gasteiger partial charge on any atom is 0.307 e. The fourth-order valence-corrected chi connectivity index (χ4v) is 3.80.